The first-order valence-electron chi connectivity index (χ1n) is 6.48. The van der Waals surface area contributed by atoms with Crippen LogP contribution in [0.25, 0.3) is 0 Å². The van der Waals surface area contributed by atoms with Crippen molar-refractivity contribution in [1.82, 2.24) is 9.55 Å². The number of carbonyl (C=O) groups excluding carboxylic acids is 1. The summed E-state index contributed by atoms with van der Waals surface area (Å²) in [6, 6.07) is 8.98. The second kappa shape index (κ2) is 6.29. The summed E-state index contributed by atoms with van der Waals surface area (Å²) in [6.07, 6.45) is 3.61. The van der Waals surface area contributed by atoms with E-state index in [0.29, 0.717) is 11.4 Å². The first-order valence-corrected chi connectivity index (χ1v) is 6.48. The molecule has 0 amide bonds. The molecule has 2 aromatic rings. The Hall–Kier alpha value is -1.94. The Balaban J connectivity index is 2.06. The van der Waals surface area contributed by atoms with Crippen LogP contribution < -0.4 is 0 Å². The molecular weight excluding hydrogens is 240 g/mol. The van der Waals surface area contributed by atoms with Crippen molar-refractivity contribution in [2.75, 3.05) is 0 Å². The van der Waals surface area contributed by atoms with Crippen molar-refractivity contribution < 1.29 is 9.90 Å². The van der Waals surface area contributed by atoms with E-state index in [2.05, 4.69) is 11.9 Å². The predicted octanol–water partition coefficient (Wildman–Crippen LogP) is 2.14. The molecule has 2 rings (SSSR count). The standard InChI is InChI=1S/C15H18N2O2/c1-2-9-17-10-8-16-14(17)11-13(18)15(19)12-6-4-3-5-7-12/h3-8,10,15,19H,2,9,11H2,1H3. The maximum atomic E-state index is 12.1. The molecule has 0 aliphatic heterocycles. The Labute approximate surface area is 112 Å². The van der Waals surface area contributed by atoms with Crippen LogP contribution in [0.2, 0.25) is 0 Å². The summed E-state index contributed by atoms with van der Waals surface area (Å²) in [5, 5.41) is 10.0. The van der Waals surface area contributed by atoms with Crippen LogP contribution in [0, 0.1) is 0 Å². The van der Waals surface area contributed by atoms with Crippen LogP contribution in [0.3, 0.4) is 0 Å². The summed E-state index contributed by atoms with van der Waals surface area (Å²) in [5.41, 5.74) is 0.626. The molecule has 1 N–H and O–H groups in total. The zero-order valence-electron chi connectivity index (χ0n) is 11.0. The fraction of sp³-hybridized carbons (Fsp3) is 0.333. The molecule has 1 aromatic carbocycles. The average Bonchev–Trinajstić information content (AvgIpc) is 2.86. The number of aromatic nitrogens is 2. The average molecular weight is 258 g/mol. The number of ketones is 1. The molecule has 19 heavy (non-hydrogen) atoms. The van der Waals surface area contributed by atoms with Crippen LogP contribution in [-0.2, 0) is 17.8 Å². The molecule has 0 aliphatic rings. The number of hydrogen-bond acceptors (Lipinski definition) is 3. The van der Waals surface area contributed by atoms with E-state index in [-0.39, 0.29) is 12.2 Å². The lowest BCUT2D eigenvalue weighted by Crippen LogP contribution is -2.17. The predicted molar refractivity (Wildman–Crippen MR) is 72.6 cm³/mol. The number of hydrogen-bond donors (Lipinski definition) is 1. The van der Waals surface area contributed by atoms with Gasteiger partial charge >= 0.3 is 0 Å². The molecule has 1 aromatic heterocycles. The molecular formula is C15H18N2O2. The van der Waals surface area contributed by atoms with Crippen molar-refractivity contribution in [2.45, 2.75) is 32.4 Å². The maximum Gasteiger partial charge on any atom is 0.173 e. The first kappa shape index (κ1) is 13.5. The Morgan fingerprint density at radius 1 is 1.37 bits per heavy atom. The van der Waals surface area contributed by atoms with Gasteiger partial charge in [-0.2, -0.15) is 0 Å². The van der Waals surface area contributed by atoms with E-state index in [1.54, 1.807) is 18.3 Å². The summed E-state index contributed by atoms with van der Waals surface area (Å²) in [7, 11) is 0. The number of aryl methyl sites for hydroxylation is 1. The van der Waals surface area contributed by atoms with Crippen molar-refractivity contribution in [3.8, 4) is 0 Å². The molecule has 0 bridgehead atoms. The molecule has 0 saturated heterocycles. The van der Waals surface area contributed by atoms with E-state index in [9.17, 15) is 9.90 Å². The molecule has 0 spiro atoms. The molecule has 0 aliphatic carbocycles. The Morgan fingerprint density at radius 3 is 2.79 bits per heavy atom. The summed E-state index contributed by atoms with van der Waals surface area (Å²) in [6.45, 7) is 2.91. The molecule has 0 fully saturated rings. The topological polar surface area (TPSA) is 55.1 Å². The molecule has 100 valence electrons. The van der Waals surface area contributed by atoms with Gasteiger partial charge in [-0.25, -0.2) is 4.98 Å². The number of benzene rings is 1. The largest absolute Gasteiger partial charge is 0.381 e. The van der Waals surface area contributed by atoms with E-state index >= 15 is 0 Å². The maximum absolute atomic E-state index is 12.1. The zero-order valence-corrected chi connectivity index (χ0v) is 11.0. The highest BCUT2D eigenvalue weighted by atomic mass is 16.3. The molecule has 1 unspecified atom stereocenters. The van der Waals surface area contributed by atoms with Crippen LogP contribution in [0.5, 0.6) is 0 Å². The lowest BCUT2D eigenvalue weighted by Gasteiger charge is -2.10. The van der Waals surface area contributed by atoms with Crippen molar-refractivity contribution in [2.24, 2.45) is 0 Å². The number of rotatable bonds is 6. The summed E-state index contributed by atoms with van der Waals surface area (Å²) >= 11 is 0. The summed E-state index contributed by atoms with van der Waals surface area (Å²) < 4.78 is 1.95. The van der Waals surface area contributed by atoms with E-state index < -0.39 is 6.10 Å². The SMILES string of the molecule is CCCn1ccnc1CC(=O)C(O)c1ccccc1. The normalized spacial score (nSPS) is 12.3. The van der Waals surface area contributed by atoms with Gasteiger partial charge in [0.2, 0.25) is 0 Å². The summed E-state index contributed by atoms with van der Waals surface area (Å²) in [5.74, 6) is 0.483. The molecule has 4 heteroatoms. The van der Waals surface area contributed by atoms with Gasteiger partial charge in [-0.3, -0.25) is 4.79 Å². The van der Waals surface area contributed by atoms with Crippen molar-refractivity contribution in [1.29, 1.82) is 0 Å². The second-order valence-corrected chi connectivity index (χ2v) is 4.49. The van der Waals surface area contributed by atoms with Crippen LogP contribution in [0.15, 0.2) is 42.7 Å². The van der Waals surface area contributed by atoms with Gasteiger partial charge in [0.15, 0.2) is 5.78 Å². The van der Waals surface area contributed by atoms with E-state index in [1.165, 1.54) is 0 Å². The third-order valence-electron chi connectivity index (χ3n) is 3.02. The highest BCUT2D eigenvalue weighted by molar-refractivity contribution is 5.85. The Kier molecular flexibility index (Phi) is 4.47. The highest BCUT2D eigenvalue weighted by Gasteiger charge is 2.19. The molecule has 1 heterocycles. The van der Waals surface area contributed by atoms with Gasteiger partial charge in [0.25, 0.3) is 0 Å². The molecule has 4 nitrogen and oxygen atoms in total. The molecule has 0 saturated carbocycles. The number of Topliss-reactive ketones (excluding diaryl/α,β-unsaturated/α-hetero) is 1. The number of carbonyl (C=O) groups is 1. The number of aliphatic hydroxyl groups excluding tert-OH is 1. The van der Waals surface area contributed by atoms with Crippen molar-refractivity contribution in [3.63, 3.8) is 0 Å². The Bertz CT molecular complexity index is 534. The van der Waals surface area contributed by atoms with E-state index in [0.717, 1.165) is 13.0 Å². The van der Waals surface area contributed by atoms with Gasteiger partial charge < -0.3 is 9.67 Å². The number of nitrogens with zero attached hydrogens (tertiary/aromatic N) is 2. The smallest absolute Gasteiger partial charge is 0.173 e. The first-order chi connectivity index (χ1) is 9.22. The van der Waals surface area contributed by atoms with Crippen LogP contribution >= 0.6 is 0 Å². The van der Waals surface area contributed by atoms with Crippen molar-refractivity contribution >= 4 is 5.78 Å². The Morgan fingerprint density at radius 2 is 2.11 bits per heavy atom. The zero-order chi connectivity index (χ0) is 13.7. The van der Waals surface area contributed by atoms with E-state index in [1.807, 2.05) is 29.0 Å². The third kappa shape index (κ3) is 3.29. The van der Waals surface area contributed by atoms with Crippen LogP contribution in [0.1, 0.15) is 30.8 Å². The lowest BCUT2D eigenvalue weighted by molar-refractivity contribution is -0.126. The highest BCUT2D eigenvalue weighted by Crippen LogP contribution is 2.15. The number of aliphatic hydroxyl groups is 1. The fourth-order valence-corrected chi connectivity index (χ4v) is 2.03. The fourth-order valence-electron chi connectivity index (χ4n) is 2.03. The minimum absolute atomic E-state index is 0.156. The minimum Gasteiger partial charge on any atom is -0.381 e. The minimum atomic E-state index is -1.08. The molecule has 0 radical (unpaired) electrons. The van der Waals surface area contributed by atoms with Gasteiger partial charge in [0.05, 0.1) is 6.42 Å². The van der Waals surface area contributed by atoms with Crippen molar-refractivity contribution in [3.05, 3.63) is 54.1 Å². The van der Waals surface area contributed by atoms with Crippen LogP contribution in [0.4, 0.5) is 0 Å². The monoisotopic (exact) mass is 258 g/mol. The van der Waals surface area contributed by atoms with Gasteiger partial charge in [0, 0.05) is 18.9 Å². The van der Waals surface area contributed by atoms with Gasteiger partial charge in [0.1, 0.15) is 11.9 Å². The van der Waals surface area contributed by atoms with Gasteiger partial charge in [-0.05, 0) is 12.0 Å². The van der Waals surface area contributed by atoms with Gasteiger partial charge in [-0.15, -0.1) is 0 Å². The number of imidazole rings is 1. The molecule has 1 atom stereocenters. The van der Waals surface area contributed by atoms with Gasteiger partial charge in [-0.1, -0.05) is 37.3 Å². The summed E-state index contributed by atoms with van der Waals surface area (Å²) in [4.78, 5) is 16.2. The third-order valence-corrected chi connectivity index (χ3v) is 3.02. The second-order valence-electron chi connectivity index (χ2n) is 4.49. The van der Waals surface area contributed by atoms with E-state index in [4.69, 9.17) is 0 Å². The van der Waals surface area contributed by atoms with Crippen LogP contribution in [-0.4, -0.2) is 20.4 Å². The lowest BCUT2D eigenvalue weighted by atomic mass is 10.0. The quantitative estimate of drug-likeness (QED) is 0.863.